The minimum Gasteiger partial charge on any atom is -0.477 e. The molecule has 0 saturated carbocycles. The van der Waals surface area contributed by atoms with E-state index in [1.54, 1.807) is 0 Å². The van der Waals surface area contributed by atoms with E-state index < -0.39 is 83.7 Å². The van der Waals surface area contributed by atoms with Crippen LogP contribution in [0.2, 0.25) is 0 Å². The zero-order valence-electron chi connectivity index (χ0n) is 17.5. The van der Waals surface area contributed by atoms with Crippen molar-refractivity contribution in [1.29, 1.82) is 0 Å². The van der Waals surface area contributed by atoms with Crippen molar-refractivity contribution in [2.45, 2.75) is 77.7 Å². The number of alkyl halides is 25. The number of hydrogen-bond donors (Lipinski definition) is 1. The Labute approximate surface area is 205 Å². The van der Waals surface area contributed by atoms with E-state index in [9.17, 15) is 115 Å². The third-order valence-corrected chi connectivity index (χ3v) is 4.70. The predicted molar refractivity (Wildman–Crippen MR) is 72.7 cm³/mol. The molecule has 0 heterocycles. The third-order valence-electron chi connectivity index (χ3n) is 4.70. The molecule has 0 amide bonds. The molecule has 0 aromatic heterocycles. The number of rotatable bonds is 12. The van der Waals surface area contributed by atoms with E-state index in [0.29, 0.717) is 0 Å². The number of aliphatic carboxylic acids is 1. The summed E-state index contributed by atoms with van der Waals surface area (Å²) in [5.74, 6) is -103. The molecule has 27 heteroatoms. The average Bonchev–Trinajstić information content (AvgIpc) is 2.70. The van der Waals surface area contributed by atoms with Crippen LogP contribution in [0.1, 0.15) is 6.42 Å². The van der Waals surface area contributed by atoms with Crippen LogP contribution < -0.4 is 0 Å². The van der Waals surface area contributed by atoms with Crippen molar-refractivity contribution < 1.29 is 120 Å². The maximum atomic E-state index is 13.5. The van der Waals surface area contributed by atoms with E-state index >= 15 is 0 Å². The quantitative estimate of drug-likeness (QED) is 0.213. The molecular formula is C14H3F25O2. The third kappa shape index (κ3) is 4.84. The Hall–Kier alpha value is -2.28. The number of halogens is 25. The molecule has 41 heavy (non-hydrogen) atoms. The Morgan fingerprint density at radius 1 is 0.366 bits per heavy atom. The molecule has 0 aromatic carbocycles. The van der Waals surface area contributed by atoms with Gasteiger partial charge in [-0.3, -0.25) is 0 Å². The van der Waals surface area contributed by atoms with Gasteiger partial charge in [0.15, 0.2) is 0 Å². The Morgan fingerprint density at radius 3 is 0.756 bits per heavy atom. The first-order chi connectivity index (χ1) is 17.2. The van der Waals surface area contributed by atoms with Crippen LogP contribution in [0, 0.1) is 0 Å². The maximum absolute atomic E-state index is 13.5. The van der Waals surface area contributed by atoms with Crippen molar-refractivity contribution in [3.8, 4) is 0 Å². The van der Waals surface area contributed by atoms with Gasteiger partial charge >= 0.3 is 77.3 Å². The molecule has 2 nitrogen and oxygen atoms in total. The summed E-state index contributed by atoms with van der Waals surface area (Å²) in [5, 5.41) is 7.66. The molecule has 0 aliphatic heterocycles. The summed E-state index contributed by atoms with van der Waals surface area (Å²) in [7, 11) is 0. The summed E-state index contributed by atoms with van der Waals surface area (Å²) >= 11 is 0. The van der Waals surface area contributed by atoms with Crippen LogP contribution >= 0.6 is 0 Å². The molecule has 1 N–H and O–H groups in total. The van der Waals surface area contributed by atoms with E-state index in [-0.39, 0.29) is 0 Å². The minimum absolute atomic E-state index is 4.66. The van der Waals surface area contributed by atoms with Gasteiger partial charge in [0.25, 0.3) is 0 Å². The molecule has 0 rings (SSSR count). The molecule has 0 atom stereocenters. The van der Waals surface area contributed by atoms with Crippen LogP contribution in [0.4, 0.5) is 110 Å². The Kier molecular flexibility index (Phi) is 8.84. The van der Waals surface area contributed by atoms with Gasteiger partial charge in [0.1, 0.15) is 6.42 Å². The second-order valence-corrected chi connectivity index (χ2v) is 7.55. The smallest absolute Gasteiger partial charge is 0.410 e. The summed E-state index contributed by atoms with van der Waals surface area (Å²) in [6.45, 7) is 0. The standard InChI is InChI=1S/C14H3F25O2/c15-3(16,1-4(17,18)19)6(22,23)8(26,27)10(30,31)12(34,35)14(38,39)13(36,37)11(32,33)9(28,29)7(24,25)5(20,21)2(40)41/h1H2,(H,40,41). The lowest BCUT2D eigenvalue weighted by Crippen LogP contribution is -2.78. The zero-order valence-corrected chi connectivity index (χ0v) is 17.5. The van der Waals surface area contributed by atoms with Crippen molar-refractivity contribution in [2.24, 2.45) is 0 Å². The summed E-state index contributed by atoms with van der Waals surface area (Å²) < 4.78 is 329. The fraction of sp³-hybridized carbons (Fsp3) is 0.929. The van der Waals surface area contributed by atoms with Gasteiger partial charge in [0.05, 0.1) is 0 Å². The molecule has 246 valence electrons. The van der Waals surface area contributed by atoms with Crippen molar-refractivity contribution >= 4 is 5.97 Å². The lowest BCUT2D eigenvalue weighted by atomic mass is 9.84. The lowest BCUT2D eigenvalue weighted by molar-refractivity contribution is -0.474. The molecule has 0 fully saturated rings. The van der Waals surface area contributed by atoms with Gasteiger partial charge in [-0.05, 0) is 0 Å². The highest BCUT2D eigenvalue weighted by Gasteiger charge is 2.99. The first-order valence-corrected chi connectivity index (χ1v) is 8.61. The van der Waals surface area contributed by atoms with Crippen LogP contribution in [0.25, 0.3) is 0 Å². The van der Waals surface area contributed by atoms with Crippen LogP contribution in [-0.2, 0) is 4.79 Å². The predicted octanol–water partition coefficient (Wildman–Crippen LogP) is 8.01. The first kappa shape index (κ1) is 38.7. The maximum Gasteiger partial charge on any atom is 0.410 e. The lowest BCUT2D eigenvalue weighted by Gasteiger charge is -2.45. The second kappa shape index (κ2) is 9.36. The number of hydrogen-bond acceptors (Lipinski definition) is 1. The summed E-state index contributed by atoms with van der Waals surface area (Å²) in [5.41, 5.74) is 0. The average molecular weight is 678 g/mol. The molecule has 0 unspecified atom stereocenters. The zero-order chi connectivity index (χ0) is 34.3. The SMILES string of the molecule is O=C(O)C(F)(F)C(F)(F)C(F)(F)C(F)(F)C(F)(F)C(F)(F)C(F)(F)C(F)(F)C(F)(F)C(F)(F)C(F)(F)CC(F)(F)F. The van der Waals surface area contributed by atoms with Crippen LogP contribution in [-0.4, -0.2) is 82.4 Å². The topological polar surface area (TPSA) is 37.3 Å². The van der Waals surface area contributed by atoms with Crippen molar-refractivity contribution in [3.05, 3.63) is 0 Å². The molecular weight excluding hydrogens is 675 g/mol. The Bertz CT molecular complexity index is 987. The van der Waals surface area contributed by atoms with Gasteiger partial charge in [-0.15, -0.1) is 0 Å². The van der Waals surface area contributed by atoms with Gasteiger partial charge < -0.3 is 5.11 Å². The van der Waals surface area contributed by atoms with Crippen molar-refractivity contribution in [1.82, 2.24) is 0 Å². The number of carboxylic acids is 1. The van der Waals surface area contributed by atoms with Crippen LogP contribution in [0.5, 0.6) is 0 Å². The first-order valence-electron chi connectivity index (χ1n) is 8.61. The fourth-order valence-corrected chi connectivity index (χ4v) is 2.30. The van der Waals surface area contributed by atoms with Crippen molar-refractivity contribution in [2.75, 3.05) is 0 Å². The van der Waals surface area contributed by atoms with E-state index in [4.69, 9.17) is 5.11 Å². The molecule has 0 aliphatic carbocycles. The molecule has 0 radical (unpaired) electrons. The molecule has 0 spiro atoms. The highest BCUT2D eigenvalue weighted by Crippen LogP contribution is 2.67. The van der Waals surface area contributed by atoms with Gasteiger partial charge in [-0.1, -0.05) is 0 Å². The fourth-order valence-electron chi connectivity index (χ4n) is 2.30. The number of carboxylic acid groups (broad SMARTS) is 1. The molecule has 0 aliphatic rings. The summed E-state index contributed by atoms with van der Waals surface area (Å²) in [4.78, 5) is 9.90. The highest BCUT2D eigenvalue weighted by molar-refractivity contribution is 5.77. The molecule has 0 bridgehead atoms. The van der Waals surface area contributed by atoms with E-state index in [1.807, 2.05) is 0 Å². The second-order valence-electron chi connectivity index (χ2n) is 7.55. The summed E-state index contributed by atoms with van der Waals surface area (Å²) in [6.07, 6.45) is -11.5. The van der Waals surface area contributed by atoms with E-state index in [1.165, 1.54) is 0 Å². The molecule has 0 aromatic rings. The minimum atomic E-state index is -9.62. The van der Waals surface area contributed by atoms with Crippen LogP contribution in [0.3, 0.4) is 0 Å². The number of carbonyl (C=O) groups is 1. The molecule has 0 saturated heterocycles. The van der Waals surface area contributed by atoms with Gasteiger partial charge in [-0.25, -0.2) is 4.79 Å². The Morgan fingerprint density at radius 2 is 0.561 bits per heavy atom. The van der Waals surface area contributed by atoms with E-state index in [2.05, 4.69) is 0 Å². The van der Waals surface area contributed by atoms with Gasteiger partial charge in [0.2, 0.25) is 0 Å². The normalized spacial score (nSPS) is 16.7. The Balaban J connectivity index is 7.30. The summed E-state index contributed by atoms with van der Waals surface area (Å²) in [6, 6.07) is 0. The largest absolute Gasteiger partial charge is 0.477 e. The van der Waals surface area contributed by atoms with Crippen molar-refractivity contribution in [3.63, 3.8) is 0 Å². The van der Waals surface area contributed by atoms with Gasteiger partial charge in [0, 0.05) is 0 Å². The van der Waals surface area contributed by atoms with Gasteiger partial charge in [-0.2, -0.15) is 110 Å². The highest BCUT2D eigenvalue weighted by atomic mass is 19.4. The van der Waals surface area contributed by atoms with E-state index in [0.717, 1.165) is 0 Å². The monoisotopic (exact) mass is 678 g/mol. The van der Waals surface area contributed by atoms with Crippen LogP contribution in [0.15, 0.2) is 0 Å².